The quantitative estimate of drug-likeness (QED) is 0.207. The third kappa shape index (κ3) is 8.59. The van der Waals surface area contributed by atoms with Crippen LogP contribution in [0.2, 0.25) is 0 Å². The van der Waals surface area contributed by atoms with Gasteiger partial charge in [0.15, 0.2) is 11.6 Å². The van der Waals surface area contributed by atoms with E-state index in [2.05, 4.69) is 26.0 Å². The van der Waals surface area contributed by atoms with Gasteiger partial charge in [0.2, 0.25) is 0 Å². The van der Waals surface area contributed by atoms with E-state index in [1.54, 1.807) is 0 Å². The van der Waals surface area contributed by atoms with Crippen LogP contribution >= 0.6 is 0 Å². The zero-order chi connectivity index (χ0) is 27.2. The lowest BCUT2D eigenvalue weighted by atomic mass is 9.76. The van der Waals surface area contributed by atoms with Crippen molar-refractivity contribution in [1.29, 1.82) is 5.26 Å². The largest absolute Gasteiger partial charge is 0.493 e. The van der Waals surface area contributed by atoms with Gasteiger partial charge in [0, 0.05) is 11.1 Å². The number of benzene rings is 2. The molecule has 2 aromatic rings. The van der Waals surface area contributed by atoms with Crippen molar-refractivity contribution in [3.05, 3.63) is 52.8 Å². The number of rotatable bonds is 16. The van der Waals surface area contributed by atoms with Gasteiger partial charge in [-0.05, 0) is 67.6 Å². The molecule has 3 heteroatoms. The second-order valence-electron chi connectivity index (χ2n) is 11.5. The van der Waals surface area contributed by atoms with E-state index in [0.29, 0.717) is 29.0 Å². The Labute approximate surface area is 232 Å². The second-order valence-corrected chi connectivity index (χ2v) is 11.5. The van der Waals surface area contributed by atoms with Crippen molar-refractivity contribution >= 4 is 0 Å². The van der Waals surface area contributed by atoms with Crippen molar-refractivity contribution in [1.82, 2.24) is 0 Å². The van der Waals surface area contributed by atoms with Crippen molar-refractivity contribution < 1.29 is 9.13 Å². The van der Waals surface area contributed by atoms with E-state index in [1.165, 1.54) is 96.1 Å². The average molecular weight is 520 g/mol. The summed E-state index contributed by atoms with van der Waals surface area (Å²) in [5.74, 6) is 1.35. The number of hydrogen-bond donors (Lipinski definition) is 0. The van der Waals surface area contributed by atoms with Crippen LogP contribution in [0.4, 0.5) is 4.39 Å². The maximum absolute atomic E-state index is 15.3. The number of halogens is 1. The third-order valence-electron chi connectivity index (χ3n) is 8.67. The number of aryl methyl sites for hydroxylation is 1. The van der Waals surface area contributed by atoms with Crippen molar-refractivity contribution in [2.45, 2.75) is 129 Å². The van der Waals surface area contributed by atoms with Gasteiger partial charge >= 0.3 is 0 Å². The number of hydrogen-bond acceptors (Lipinski definition) is 2. The van der Waals surface area contributed by atoms with Crippen LogP contribution in [-0.2, 0) is 6.42 Å². The summed E-state index contributed by atoms with van der Waals surface area (Å²) < 4.78 is 20.8. The zero-order valence-corrected chi connectivity index (χ0v) is 24.3. The molecule has 0 unspecified atom stereocenters. The number of ether oxygens (including phenoxy) is 1. The molecule has 0 radical (unpaired) electrons. The van der Waals surface area contributed by atoms with Crippen LogP contribution in [-0.4, -0.2) is 7.11 Å². The highest BCUT2D eigenvalue weighted by Crippen LogP contribution is 2.41. The van der Waals surface area contributed by atoms with Gasteiger partial charge in [0.1, 0.15) is 0 Å². The minimum absolute atomic E-state index is 0.254. The summed E-state index contributed by atoms with van der Waals surface area (Å²) in [4.78, 5) is 0. The number of nitriles is 1. The van der Waals surface area contributed by atoms with Crippen molar-refractivity contribution in [2.75, 3.05) is 7.11 Å². The Balaban J connectivity index is 1.57. The molecule has 0 N–H and O–H groups in total. The van der Waals surface area contributed by atoms with Crippen LogP contribution in [0.15, 0.2) is 30.3 Å². The minimum Gasteiger partial charge on any atom is -0.493 e. The van der Waals surface area contributed by atoms with E-state index in [0.717, 1.165) is 30.7 Å². The summed E-state index contributed by atoms with van der Waals surface area (Å²) in [5.41, 5.74) is 3.99. The molecule has 0 aliphatic heterocycles. The fourth-order valence-electron chi connectivity index (χ4n) is 6.26. The van der Waals surface area contributed by atoms with Crippen LogP contribution in [0.1, 0.15) is 139 Å². The normalized spacial score (nSPS) is 17.3. The van der Waals surface area contributed by atoms with Crippen molar-refractivity contribution in [3.63, 3.8) is 0 Å². The molecule has 208 valence electrons. The topological polar surface area (TPSA) is 33.0 Å². The summed E-state index contributed by atoms with van der Waals surface area (Å²) in [6.45, 7) is 4.43. The van der Waals surface area contributed by atoms with Crippen LogP contribution < -0.4 is 4.74 Å². The second kappa shape index (κ2) is 16.6. The molecule has 1 fully saturated rings. The van der Waals surface area contributed by atoms with Gasteiger partial charge in [-0.1, -0.05) is 109 Å². The first kappa shape index (κ1) is 30.2. The molecule has 0 heterocycles. The highest BCUT2D eigenvalue weighted by atomic mass is 19.1. The molecule has 1 aliphatic carbocycles. The Morgan fingerprint density at radius 3 is 2.11 bits per heavy atom. The highest BCUT2D eigenvalue weighted by molar-refractivity contribution is 5.77. The first-order valence-corrected chi connectivity index (χ1v) is 15.5. The van der Waals surface area contributed by atoms with E-state index in [1.807, 2.05) is 24.3 Å². The Bertz CT molecular complexity index is 1020. The van der Waals surface area contributed by atoms with Gasteiger partial charge in [-0.25, -0.2) is 4.39 Å². The first-order chi connectivity index (χ1) is 18.6. The van der Waals surface area contributed by atoms with E-state index in [4.69, 9.17) is 4.74 Å². The first-order valence-electron chi connectivity index (χ1n) is 15.5. The van der Waals surface area contributed by atoms with Gasteiger partial charge in [-0.2, -0.15) is 5.26 Å². The summed E-state index contributed by atoms with van der Waals surface area (Å²) in [6.07, 6.45) is 21.4. The van der Waals surface area contributed by atoms with Crippen LogP contribution in [0.25, 0.3) is 11.1 Å². The summed E-state index contributed by atoms with van der Waals surface area (Å²) in [7, 11) is 1.52. The Morgan fingerprint density at radius 2 is 1.45 bits per heavy atom. The van der Waals surface area contributed by atoms with Gasteiger partial charge in [-0.15, -0.1) is 0 Å². The van der Waals surface area contributed by atoms with E-state index in [-0.39, 0.29) is 11.6 Å². The van der Waals surface area contributed by atoms with E-state index in [9.17, 15) is 5.26 Å². The van der Waals surface area contributed by atoms with Gasteiger partial charge in [0.05, 0.1) is 18.7 Å². The Kier molecular flexibility index (Phi) is 13.2. The highest BCUT2D eigenvalue weighted by Gasteiger charge is 2.24. The fraction of sp³-hybridized carbons (Fsp3) is 0.629. The molecule has 38 heavy (non-hydrogen) atoms. The molecule has 0 aromatic heterocycles. The van der Waals surface area contributed by atoms with Crippen LogP contribution in [0, 0.1) is 23.1 Å². The SMILES string of the molecule is CCCCCCCCCCC1CCC(c2ccc(-c3ccc(CCCCC)c(F)c3OC)c(C#N)c2)CC1. The third-order valence-corrected chi connectivity index (χ3v) is 8.67. The zero-order valence-electron chi connectivity index (χ0n) is 24.3. The lowest BCUT2D eigenvalue weighted by molar-refractivity contribution is 0.301. The minimum atomic E-state index is -0.288. The van der Waals surface area contributed by atoms with Gasteiger partial charge in [0.25, 0.3) is 0 Å². The molecular weight excluding hydrogens is 469 g/mol. The van der Waals surface area contributed by atoms with Gasteiger partial charge in [-0.3, -0.25) is 0 Å². The Hall–Kier alpha value is -2.34. The Morgan fingerprint density at radius 1 is 0.816 bits per heavy atom. The molecule has 2 nitrogen and oxygen atoms in total. The van der Waals surface area contributed by atoms with Crippen LogP contribution in [0.3, 0.4) is 0 Å². The number of unbranched alkanes of at least 4 members (excludes halogenated alkanes) is 9. The van der Waals surface area contributed by atoms with Gasteiger partial charge < -0.3 is 4.74 Å². The molecule has 0 atom stereocenters. The lowest BCUT2D eigenvalue weighted by Gasteiger charge is -2.29. The predicted octanol–water partition coefficient (Wildman–Crippen LogP) is 10.9. The summed E-state index contributed by atoms with van der Waals surface area (Å²) >= 11 is 0. The molecule has 1 saturated carbocycles. The summed E-state index contributed by atoms with van der Waals surface area (Å²) in [5, 5.41) is 9.99. The van der Waals surface area contributed by atoms with Crippen LogP contribution in [0.5, 0.6) is 5.75 Å². The maximum atomic E-state index is 15.3. The van der Waals surface area contributed by atoms with Crippen molar-refractivity contribution in [3.8, 4) is 22.9 Å². The molecule has 0 bridgehead atoms. The van der Waals surface area contributed by atoms with E-state index < -0.39 is 0 Å². The lowest BCUT2D eigenvalue weighted by Crippen LogP contribution is -2.13. The average Bonchev–Trinajstić information content (AvgIpc) is 2.95. The van der Waals surface area contributed by atoms with E-state index >= 15 is 4.39 Å². The molecule has 0 spiro atoms. The fourth-order valence-corrected chi connectivity index (χ4v) is 6.26. The molecule has 3 rings (SSSR count). The standard InChI is InChI=1S/C35H50FNO/c1-4-6-8-9-10-11-12-14-15-27-17-19-28(20-18-27)30-22-23-32(31(25-30)26-37)33-24-21-29(16-13-7-5-2)34(36)35(33)38-3/h21-25,27-28H,4-20H2,1-3H3. The monoisotopic (exact) mass is 519 g/mol. The molecule has 1 aliphatic rings. The maximum Gasteiger partial charge on any atom is 0.168 e. The summed E-state index contributed by atoms with van der Waals surface area (Å²) in [6, 6.07) is 12.4. The molecule has 2 aromatic carbocycles. The van der Waals surface area contributed by atoms with Crippen molar-refractivity contribution in [2.24, 2.45) is 5.92 Å². The molecular formula is C35H50FNO. The smallest absolute Gasteiger partial charge is 0.168 e. The molecule has 0 saturated heterocycles. The predicted molar refractivity (Wildman–Crippen MR) is 158 cm³/mol. The molecule has 0 amide bonds. The number of methoxy groups -OCH3 is 1. The number of nitrogens with zero attached hydrogens (tertiary/aromatic N) is 1.